The van der Waals surface area contributed by atoms with Crippen molar-refractivity contribution < 1.29 is 4.79 Å². The minimum atomic E-state index is -0.437. The lowest BCUT2D eigenvalue weighted by molar-refractivity contribution is -0.118. The molecular weight excluding hydrogens is 276 g/mol. The molecule has 0 aliphatic heterocycles. The molecule has 0 radical (unpaired) electrons. The summed E-state index contributed by atoms with van der Waals surface area (Å²) in [6.07, 6.45) is 0.814. The van der Waals surface area contributed by atoms with E-state index in [1.54, 1.807) is 11.3 Å². The van der Waals surface area contributed by atoms with Crippen molar-refractivity contribution in [3.05, 3.63) is 33.7 Å². The minimum absolute atomic E-state index is 0.112. The second kappa shape index (κ2) is 4.75. The zero-order chi connectivity index (χ0) is 14.3. The molecule has 104 valence electrons. The molecule has 0 fully saturated rings. The van der Waals surface area contributed by atoms with Crippen molar-refractivity contribution in [3.63, 3.8) is 0 Å². The zero-order valence-corrected chi connectivity index (χ0v) is 11.8. The van der Waals surface area contributed by atoms with E-state index >= 15 is 0 Å². The molecule has 0 bridgehead atoms. The Morgan fingerprint density at radius 1 is 1.45 bits per heavy atom. The van der Waals surface area contributed by atoms with Crippen LogP contribution in [0.3, 0.4) is 0 Å². The molecule has 2 N–H and O–H groups in total. The maximum Gasteiger partial charge on any atom is 0.291 e. The monoisotopic (exact) mass is 290 g/mol. The Balaban J connectivity index is 2.26. The lowest BCUT2D eigenvalue weighted by atomic mass is 10.4. The Labute approximate surface area is 118 Å². The van der Waals surface area contributed by atoms with Crippen LogP contribution in [0.25, 0.3) is 15.7 Å². The van der Waals surface area contributed by atoms with Crippen LogP contribution in [-0.4, -0.2) is 20.1 Å². The topological polar surface area (TPSA) is 82.4 Å². The van der Waals surface area contributed by atoms with Crippen LogP contribution in [0.5, 0.6) is 0 Å². The molecule has 0 aliphatic carbocycles. The summed E-state index contributed by atoms with van der Waals surface area (Å²) in [4.78, 5) is 23.3. The van der Waals surface area contributed by atoms with Crippen LogP contribution in [-0.2, 0) is 17.8 Å². The van der Waals surface area contributed by atoms with E-state index in [1.807, 2.05) is 28.8 Å². The van der Waals surface area contributed by atoms with Gasteiger partial charge < -0.3 is 5.73 Å². The maximum atomic E-state index is 12.4. The first-order valence-electron chi connectivity index (χ1n) is 6.38. The van der Waals surface area contributed by atoms with Crippen molar-refractivity contribution in [2.45, 2.75) is 26.3 Å². The summed E-state index contributed by atoms with van der Waals surface area (Å²) >= 11 is 1.59. The van der Waals surface area contributed by atoms with Crippen molar-refractivity contribution >= 4 is 33.0 Å². The highest BCUT2D eigenvalue weighted by molar-refractivity contribution is 7.17. The molecule has 0 spiro atoms. The first kappa shape index (κ1) is 12.9. The third-order valence-electron chi connectivity index (χ3n) is 3.26. The number of fused-ring (bicyclic) bond motifs is 3. The number of aromatic nitrogens is 3. The van der Waals surface area contributed by atoms with Gasteiger partial charge in [-0.05, 0) is 17.5 Å². The third-order valence-corrected chi connectivity index (χ3v) is 4.11. The minimum Gasteiger partial charge on any atom is -0.370 e. The van der Waals surface area contributed by atoms with E-state index in [0.717, 1.165) is 16.0 Å². The van der Waals surface area contributed by atoms with Gasteiger partial charge in [0, 0.05) is 12.8 Å². The summed E-state index contributed by atoms with van der Waals surface area (Å²) in [7, 11) is 0. The standard InChI is InChI=1S/C13H14N4O2S/c1-2-12-15-16(5-3-11(14)18)13(19)9-7-10-8(17(9)12)4-6-20-10/h4,6-7H,2-3,5H2,1H3,(H2,14,18). The Bertz CT molecular complexity index is 858. The average molecular weight is 290 g/mol. The Hall–Kier alpha value is -2.15. The third kappa shape index (κ3) is 1.90. The van der Waals surface area contributed by atoms with Crippen molar-refractivity contribution in [3.8, 4) is 0 Å². The van der Waals surface area contributed by atoms with Crippen LogP contribution in [0.15, 0.2) is 22.3 Å². The van der Waals surface area contributed by atoms with Gasteiger partial charge in [-0.3, -0.25) is 14.0 Å². The number of hydrogen-bond donors (Lipinski definition) is 1. The molecule has 0 saturated heterocycles. The van der Waals surface area contributed by atoms with Gasteiger partial charge in [-0.2, -0.15) is 5.10 Å². The smallest absolute Gasteiger partial charge is 0.291 e. The van der Waals surface area contributed by atoms with Gasteiger partial charge in [0.25, 0.3) is 5.56 Å². The van der Waals surface area contributed by atoms with Gasteiger partial charge in [-0.1, -0.05) is 6.92 Å². The predicted molar refractivity (Wildman–Crippen MR) is 78.0 cm³/mol. The van der Waals surface area contributed by atoms with E-state index in [2.05, 4.69) is 5.10 Å². The number of carbonyl (C=O) groups is 1. The van der Waals surface area contributed by atoms with Crippen LogP contribution in [0.2, 0.25) is 0 Å². The molecule has 3 aromatic heterocycles. The highest BCUT2D eigenvalue weighted by Crippen LogP contribution is 2.24. The van der Waals surface area contributed by atoms with E-state index < -0.39 is 5.91 Å². The summed E-state index contributed by atoms with van der Waals surface area (Å²) < 4.78 is 4.29. The molecule has 0 atom stereocenters. The zero-order valence-electron chi connectivity index (χ0n) is 11.0. The summed E-state index contributed by atoms with van der Waals surface area (Å²) in [5, 5.41) is 6.35. The lowest BCUT2D eigenvalue weighted by Gasteiger charge is -2.08. The van der Waals surface area contributed by atoms with Gasteiger partial charge in [0.1, 0.15) is 11.3 Å². The fraction of sp³-hybridized carbons (Fsp3) is 0.308. The molecule has 20 heavy (non-hydrogen) atoms. The number of nitrogens with two attached hydrogens (primary N) is 1. The van der Waals surface area contributed by atoms with E-state index in [9.17, 15) is 9.59 Å². The molecule has 7 heteroatoms. The molecule has 0 aliphatic rings. The number of hydrogen-bond acceptors (Lipinski definition) is 4. The van der Waals surface area contributed by atoms with Crippen molar-refractivity contribution in [1.29, 1.82) is 0 Å². The highest BCUT2D eigenvalue weighted by atomic mass is 32.1. The largest absolute Gasteiger partial charge is 0.370 e. The van der Waals surface area contributed by atoms with Gasteiger partial charge in [-0.25, -0.2) is 4.68 Å². The highest BCUT2D eigenvalue weighted by Gasteiger charge is 2.14. The molecule has 0 unspecified atom stereocenters. The quantitative estimate of drug-likeness (QED) is 0.782. The van der Waals surface area contributed by atoms with Crippen LogP contribution >= 0.6 is 11.3 Å². The Morgan fingerprint density at radius 2 is 2.25 bits per heavy atom. The van der Waals surface area contributed by atoms with Crippen molar-refractivity contribution in [2.24, 2.45) is 5.73 Å². The van der Waals surface area contributed by atoms with E-state index in [0.29, 0.717) is 11.9 Å². The molecule has 3 heterocycles. The second-order valence-corrected chi connectivity index (χ2v) is 5.50. The number of amides is 1. The molecule has 0 saturated carbocycles. The van der Waals surface area contributed by atoms with E-state index in [4.69, 9.17) is 5.73 Å². The van der Waals surface area contributed by atoms with Crippen LogP contribution < -0.4 is 11.3 Å². The second-order valence-electron chi connectivity index (χ2n) is 4.55. The van der Waals surface area contributed by atoms with Gasteiger partial charge in [-0.15, -0.1) is 11.3 Å². The molecular formula is C13H14N4O2S. The van der Waals surface area contributed by atoms with Gasteiger partial charge in [0.05, 0.1) is 16.8 Å². The van der Waals surface area contributed by atoms with Gasteiger partial charge in [0.2, 0.25) is 5.91 Å². The van der Waals surface area contributed by atoms with Crippen LogP contribution in [0, 0.1) is 0 Å². The fourth-order valence-electron chi connectivity index (χ4n) is 2.32. The molecule has 3 rings (SSSR count). The number of rotatable bonds is 4. The SMILES string of the molecule is CCc1nn(CCC(N)=O)c(=O)c2cc3sccc3n12. The normalized spacial score (nSPS) is 11.4. The van der Waals surface area contributed by atoms with E-state index in [-0.39, 0.29) is 18.5 Å². The number of nitrogens with zero attached hydrogens (tertiary/aromatic N) is 3. The summed E-state index contributed by atoms with van der Waals surface area (Å²) in [6, 6.07) is 3.87. The Morgan fingerprint density at radius 3 is 2.95 bits per heavy atom. The summed E-state index contributed by atoms with van der Waals surface area (Å²) in [6.45, 7) is 2.21. The van der Waals surface area contributed by atoms with Crippen LogP contribution in [0.4, 0.5) is 0 Å². The number of carbonyl (C=O) groups excluding carboxylic acids is 1. The predicted octanol–water partition coefficient (Wildman–Crippen LogP) is 1.15. The molecule has 1 amide bonds. The fourth-order valence-corrected chi connectivity index (χ4v) is 3.12. The lowest BCUT2D eigenvalue weighted by Crippen LogP contribution is -2.28. The molecule has 0 aromatic carbocycles. The van der Waals surface area contributed by atoms with E-state index in [1.165, 1.54) is 4.68 Å². The summed E-state index contributed by atoms with van der Waals surface area (Å²) in [5.41, 5.74) is 6.55. The number of primary amides is 1. The average Bonchev–Trinajstić information content (AvgIpc) is 2.99. The van der Waals surface area contributed by atoms with Gasteiger partial charge >= 0.3 is 0 Å². The number of thiophene rings is 1. The van der Waals surface area contributed by atoms with Gasteiger partial charge in [0.15, 0.2) is 0 Å². The van der Waals surface area contributed by atoms with Crippen molar-refractivity contribution in [1.82, 2.24) is 14.2 Å². The van der Waals surface area contributed by atoms with Crippen LogP contribution in [0.1, 0.15) is 19.2 Å². The first-order valence-corrected chi connectivity index (χ1v) is 7.26. The van der Waals surface area contributed by atoms with Crippen molar-refractivity contribution in [2.75, 3.05) is 0 Å². The number of aryl methyl sites for hydroxylation is 2. The maximum absolute atomic E-state index is 12.4. The first-order chi connectivity index (χ1) is 9.61. The molecule has 3 aromatic rings. The Kier molecular flexibility index (Phi) is 3.06. The molecule has 6 nitrogen and oxygen atoms in total. The summed E-state index contributed by atoms with van der Waals surface area (Å²) in [5.74, 6) is 0.366.